The highest BCUT2D eigenvalue weighted by atomic mass is 16.4. The molecule has 138 valence electrons. The lowest BCUT2D eigenvalue weighted by atomic mass is 10.5. The second kappa shape index (κ2) is 22.6. The first-order valence-electron chi connectivity index (χ1n) is 8.03. The molecule has 0 aliphatic rings. The molecule has 4 aromatic heterocycles. The molecule has 6 nitrogen and oxygen atoms in total. The summed E-state index contributed by atoms with van der Waals surface area (Å²) in [6, 6.07) is 22.9. The predicted octanol–water partition coefficient (Wildman–Crippen LogP) is 2.56. The van der Waals surface area contributed by atoms with Crippen molar-refractivity contribution in [2.24, 2.45) is 0 Å². The van der Waals surface area contributed by atoms with Crippen molar-refractivity contribution >= 4 is 7.69 Å². The topological polar surface area (TPSA) is 92.0 Å². The molecule has 0 aliphatic heterocycles. The highest BCUT2D eigenvalue weighted by molar-refractivity contribution is 6.13. The van der Waals surface area contributed by atoms with E-state index in [4.69, 9.17) is 10.0 Å². The van der Waals surface area contributed by atoms with E-state index in [1.807, 2.05) is 72.8 Å². The highest BCUT2D eigenvalue weighted by Gasteiger charge is 1.60. The first kappa shape index (κ1) is 23.6. The third-order valence-electron chi connectivity index (χ3n) is 2.27. The van der Waals surface area contributed by atoms with Crippen LogP contribution in [-0.4, -0.2) is 37.7 Å². The van der Waals surface area contributed by atoms with Gasteiger partial charge in [-0.15, -0.1) is 0 Å². The molecule has 0 saturated heterocycles. The fraction of sp³-hybridized carbons (Fsp3) is 0. The average molecular weight is 362 g/mol. The summed E-state index contributed by atoms with van der Waals surface area (Å²) in [6.07, 6.45) is 14.0. The van der Waals surface area contributed by atoms with E-state index < -0.39 is 7.69 Å². The van der Waals surface area contributed by atoms with Gasteiger partial charge in [0.05, 0.1) is 0 Å². The summed E-state index contributed by atoms with van der Waals surface area (Å²) in [4.78, 5) is 15.1. The number of hydrogen-bond acceptors (Lipinski definition) is 6. The van der Waals surface area contributed by atoms with E-state index in [0.29, 0.717) is 0 Å². The number of rotatable bonds is 0. The van der Waals surface area contributed by atoms with Crippen molar-refractivity contribution in [3.05, 3.63) is 122 Å². The Kier molecular flexibility index (Phi) is 19.7. The summed E-state index contributed by atoms with van der Waals surface area (Å²) in [5.41, 5.74) is 0. The summed E-state index contributed by atoms with van der Waals surface area (Å²) < 4.78 is 0. The zero-order valence-electron chi connectivity index (χ0n) is 14.9. The molecule has 0 aromatic carbocycles. The van der Waals surface area contributed by atoms with Gasteiger partial charge in [0.2, 0.25) is 0 Å². The molecule has 0 spiro atoms. The smallest absolute Gasteiger partial charge is 0.430 e. The van der Waals surface area contributed by atoms with Crippen molar-refractivity contribution in [3.63, 3.8) is 0 Å². The van der Waals surface area contributed by atoms with Crippen molar-refractivity contribution in [1.29, 1.82) is 0 Å². The number of nitrogens with zero attached hydrogens (tertiary/aromatic N) is 4. The fourth-order valence-corrected chi connectivity index (χ4v) is 1.25. The van der Waals surface area contributed by atoms with Crippen LogP contribution in [0, 0.1) is 0 Å². The molecule has 0 aliphatic carbocycles. The van der Waals surface area contributed by atoms with E-state index in [1.165, 1.54) is 0 Å². The quantitative estimate of drug-likeness (QED) is 0.467. The Balaban J connectivity index is 0.000000319. The zero-order valence-corrected chi connectivity index (χ0v) is 14.9. The molecule has 0 unspecified atom stereocenters. The first-order valence-corrected chi connectivity index (χ1v) is 8.03. The molecular formula is C20H23BN4O2. The Labute approximate surface area is 160 Å². The van der Waals surface area contributed by atoms with E-state index in [1.54, 1.807) is 49.6 Å². The van der Waals surface area contributed by atoms with Gasteiger partial charge in [-0.25, -0.2) is 0 Å². The first-order chi connectivity index (χ1) is 13.4. The van der Waals surface area contributed by atoms with Crippen molar-refractivity contribution in [1.82, 2.24) is 19.9 Å². The molecule has 4 aromatic rings. The van der Waals surface area contributed by atoms with Crippen LogP contribution in [0.2, 0.25) is 0 Å². The number of pyridine rings is 4. The molecule has 0 amide bonds. The van der Waals surface area contributed by atoms with Crippen LogP contribution in [0.4, 0.5) is 0 Å². The van der Waals surface area contributed by atoms with Gasteiger partial charge in [-0.2, -0.15) is 0 Å². The molecular weight excluding hydrogens is 339 g/mol. The molecule has 27 heavy (non-hydrogen) atoms. The van der Waals surface area contributed by atoms with E-state index in [9.17, 15) is 0 Å². The standard InChI is InChI=1S/4C5H5N.BH3O2/c4*1-2-4-6-5-3-1;2-1-3/h4*1-5H;1-3H. The van der Waals surface area contributed by atoms with E-state index in [-0.39, 0.29) is 0 Å². The maximum Gasteiger partial charge on any atom is 0.432 e. The number of aromatic nitrogens is 4. The molecule has 2 N–H and O–H groups in total. The third kappa shape index (κ3) is 22.6. The van der Waals surface area contributed by atoms with Crippen LogP contribution in [-0.2, 0) is 0 Å². The van der Waals surface area contributed by atoms with Gasteiger partial charge in [-0.3, -0.25) is 19.9 Å². The SMILES string of the molecule is OBO.c1ccncc1.c1ccncc1.c1ccncc1.c1ccncc1. The minimum Gasteiger partial charge on any atom is -0.430 e. The summed E-state index contributed by atoms with van der Waals surface area (Å²) in [5, 5.41) is 14.2. The maximum absolute atomic E-state index is 7.12. The lowest BCUT2D eigenvalue weighted by Gasteiger charge is -1.70. The zero-order chi connectivity index (χ0) is 19.7. The predicted molar refractivity (Wildman–Crippen MR) is 109 cm³/mol. The van der Waals surface area contributed by atoms with E-state index in [0.717, 1.165) is 0 Å². The summed E-state index contributed by atoms with van der Waals surface area (Å²) in [6.45, 7) is 0. The molecule has 0 bridgehead atoms. The molecule has 0 atom stereocenters. The monoisotopic (exact) mass is 362 g/mol. The van der Waals surface area contributed by atoms with Crippen LogP contribution in [0.3, 0.4) is 0 Å². The lowest BCUT2D eigenvalue weighted by Crippen LogP contribution is -1.75. The minimum atomic E-state index is -0.750. The Bertz CT molecular complexity index is 461. The minimum absolute atomic E-state index is 0.750. The molecule has 7 heteroatoms. The van der Waals surface area contributed by atoms with Crippen molar-refractivity contribution in [2.75, 3.05) is 0 Å². The van der Waals surface area contributed by atoms with Crippen LogP contribution in [0.5, 0.6) is 0 Å². The van der Waals surface area contributed by atoms with E-state index >= 15 is 0 Å². The van der Waals surface area contributed by atoms with Crippen LogP contribution >= 0.6 is 0 Å². The largest absolute Gasteiger partial charge is 0.432 e. The summed E-state index contributed by atoms with van der Waals surface area (Å²) >= 11 is 0. The Morgan fingerprint density at radius 1 is 0.333 bits per heavy atom. The molecule has 4 heterocycles. The van der Waals surface area contributed by atoms with Crippen LogP contribution in [0.15, 0.2) is 122 Å². The molecule has 4 rings (SSSR count). The van der Waals surface area contributed by atoms with Crippen LogP contribution in [0.1, 0.15) is 0 Å². The van der Waals surface area contributed by atoms with Crippen LogP contribution in [0.25, 0.3) is 0 Å². The van der Waals surface area contributed by atoms with Gasteiger partial charge in [-0.05, 0) is 48.5 Å². The Morgan fingerprint density at radius 3 is 0.519 bits per heavy atom. The van der Waals surface area contributed by atoms with Crippen molar-refractivity contribution in [2.45, 2.75) is 0 Å². The lowest BCUT2D eigenvalue weighted by molar-refractivity contribution is 0.448. The van der Waals surface area contributed by atoms with Gasteiger partial charge in [0, 0.05) is 49.6 Å². The van der Waals surface area contributed by atoms with Gasteiger partial charge in [0.1, 0.15) is 0 Å². The van der Waals surface area contributed by atoms with Crippen LogP contribution < -0.4 is 0 Å². The fourth-order valence-electron chi connectivity index (χ4n) is 1.25. The van der Waals surface area contributed by atoms with Gasteiger partial charge in [0.25, 0.3) is 0 Å². The normalized spacial score (nSPS) is 7.63. The van der Waals surface area contributed by atoms with Gasteiger partial charge in [-0.1, -0.05) is 24.3 Å². The second-order valence-corrected chi connectivity index (χ2v) is 4.24. The summed E-state index contributed by atoms with van der Waals surface area (Å²) in [7, 11) is -0.750. The number of hydrogen-bond donors (Lipinski definition) is 2. The highest BCUT2D eigenvalue weighted by Crippen LogP contribution is 1.75. The Hall–Kier alpha value is -3.42. The molecule has 0 radical (unpaired) electrons. The second-order valence-electron chi connectivity index (χ2n) is 4.24. The van der Waals surface area contributed by atoms with Crippen molar-refractivity contribution in [3.8, 4) is 0 Å². The van der Waals surface area contributed by atoms with Gasteiger partial charge in [0.15, 0.2) is 0 Å². The van der Waals surface area contributed by atoms with Gasteiger partial charge >= 0.3 is 7.69 Å². The third-order valence-corrected chi connectivity index (χ3v) is 2.27. The average Bonchev–Trinajstić information content (AvgIpc) is 2.80. The molecule has 0 fully saturated rings. The Morgan fingerprint density at radius 2 is 0.481 bits per heavy atom. The van der Waals surface area contributed by atoms with E-state index in [2.05, 4.69) is 19.9 Å². The van der Waals surface area contributed by atoms with Gasteiger partial charge < -0.3 is 10.0 Å². The van der Waals surface area contributed by atoms with Crippen molar-refractivity contribution < 1.29 is 10.0 Å². The molecule has 0 saturated carbocycles. The summed E-state index contributed by atoms with van der Waals surface area (Å²) in [5.74, 6) is 0. The maximum atomic E-state index is 7.12.